The number of aryl methyl sites for hydroxylation is 1. The number of aliphatic carboxylic acids is 1. The van der Waals surface area contributed by atoms with E-state index in [-0.39, 0.29) is 62.7 Å². The number of aliphatic hydroxyl groups is 1. The molecular formula is C18H18KN3O4S. The Hall–Kier alpha value is -0.424. The van der Waals surface area contributed by atoms with Gasteiger partial charge in [0.2, 0.25) is 5.91 Å². The van der Waals surface area contributed by atoms with Crippen molar-refractivity contribution in [1.82, 2.24) is 14.5 Å². The van der Waals surface area contributed by atoms with Crippen molar-refractivity contribution in [3.8, 4) is 0 Å². The number of benzene rings is 1. The van der Waals surface area contributed by atoms with Crippen molar-refractivity contribution in [2.45, 2.75) is 49.1 Å². The number of hydrogen-bond acceptors (Lipinski definition) is 6. The van der Waals surface area contributed by atoms with Gasteiger partial charge in [-0.3, -0.25) is 4.79 Å². The first kappa shape index (κ1) is 19.9. The number of thioether (sulfide) groups is 1. The van der Waals surface area contributed by atoms with Crippen LogP contribution in [0, 0.1) is 5.41 Å². The number of rotatable bonds is 1. The van der Waals surface area contributed by atoms with Crippen LogP contribution in [0.25, 0.3) is 11.0 Å². The second kappa shape index (κ2) is 6.29. The number of carboxylic acids is 1. The van der Waals surface area contributed by atoms with Crippen LogP contribution < -0.4 is 56.5 Å². The molecule has 5 rings (SSSR count). The van der Waals surface area contributed by atoms with E-state index in [9.17, 15) is 19.8 Å². The number of imidazole rings is 1. The smallest absolute Gasteiger partial charge is 0.548 e. The Balaban J connectivity index is 0.00000180. The first-order valence-electron chi connectivity index (χ1n) is 8.64. The number of fused-ring (bicyclic) bond motifs is 5. The Labute approximate surface area is 202 Å². The maximum absolute atomic E-state index is 13.1. The quantitative estimate of drug-likeness (QED) is 0.404. The molecule has 1 aromatic heterocycles. The maximum atomic E-state index is 13.1. The average molecular weight is 412 g/mol. The molecule has 2 fully saturated rings. The summed E-state index contributed by atoms with van der Waals surface area (Å²) in [6.45, 7) is 4.18. The first-order valence-corrected chi connectivity index (χ1v) is 9.51. The predicted octanol–water partition coefficient (Wildman–Crippen LogP) is -2.72. The monoisotopic (exact) mass is 411 g/mol. The number of para-hydroxylation sites is 2. The zero-order valence-corrected chi connectivity index (χ0v) is 19.3. The summed E-state index contributed by atoms with van der Waals surface area (Å²) in [7, 11) is 0. The molecule has 136 valence electrons. The Morgan fingerprint density at radius 2 is 2.07 bits per heavy atom. The van der Waals surface area contributed by atoms with Gasteiger partial charge in [0.15, 0.2) is 0 Å². The predicted molar refractivity (Wildman–Crippen MR) is 92.8 cm³/mol. The standard InChI is InChI=1S/C18H19N3O4S.K/c1-17(2)11(14(23)24)21-15(25)18(16(21)26-17)7-8-20-10-6-4-3-5-9(10)19-13(20)12(18)22;/h3-6,11-12,16,22H,7-8H2,1-2H3,(H,23,24);/q;+1/p-1/t11-,12+,16+,18+;/m0./s1. The summed E-state index contributed by atoms with van der Waals surface area (Å²) < 4.78 is 1.29. The SMILES string of the molecule is CC1(C)S[C@H]2N(C(=O)[C@]23CCn2c(nc4ccccc42)[C@H]3O)[C@H]1C(=O)[O-].[K+]. The fourth-order valence-corrected chi connectivity index (χ4v) is 6.62. The third-order valence-corrected chi connectivity index (χ3v) is 7.77. The first-order chi connectivity index (χ1) is 12.3. The molecule has 1 spiro atoms. The van der Waals surface area contributed by atoms with Crippen molar-refractivity contribution < 1.29 is 71.2 Å². The second-order valence-electron chi connectivity index (χ2n) is 7.81. The molecule has 2 aromatic rings. The molecule has 3 aliphatic heterocycles. The van der Waals surface area contributed by atoms with E-state index in [1.54, 1.807) is 0 Å². The van der Waals surface area contributed by atoms with Gasteiger partial charge >= 0.3 is 51.4 Å². The van der Waals surface area contributed by atoms with Crippen LogP contribution in [0.3, 0.4) is 0 Å². The second-order valence-corrected chi connectivity index (χ2v) is 9.55. The van der Waals surface area contributed by atoms with E-state index in [2.05, 4.69) is 4.98 Å². The van der Waals surface area contributed by atoms with E-state index in [1.165, 1.54) is 16.7 Å². The van der Waals surface area contributed by atoms with Crippen LogP contribution in [-0.2, 0) is 16.1 Å². The van der Waals surface area contributed by atoms with Gasteiger partial charge in [0.25, 0.3) is 0 Å². The van der Waals surface area contributed by atoms with Crippen molar-refractivity contribution in [1.29, 1.82) is 0 Å². The zero-order chi connectivity index (χ0) is 18.4. The Kier molecular flexibility index (Phi) is 4.63. The number of carbonyl (C=O) groups excluding carboxylic acids is 2. The summed E-state index contributed by atoms with van der Waals surface area (Å²) in [5.41, 5.74) is 0.713. The molecule has 27 heavy (non-hydrogen) atoms. The number of amides is 1. The van der Waals surface area contributed by atoms with E-state index in [0.717, 1.165) is 11.0 Å². The summed E-state index contributed by atoms with van der Waals surface area (Å²) in [6.07, 6.45) is -0.592. The van der Waals surface area contributed by atoms with Crippen LogP contribution in [-0.4, -0.2) is 47.6 Å². The Morgan fingerprint density at radius 3 is 2.78 bits per heavy atom. The summed E-state index contributed by atoms with van der Waals surface area (Å²) in [5.74, 6) is -1.06. The van der Waals surface area contributed by atoms with Crippen LogP contribution >= 0.6 is 11.8 Å². The normalized spacial score (nSPS) is 33.4. The molecule has 0 saturated carbocycles. The number of aromatic nitrogens is 2. The fourth-order valence-electron chi connectivity index (χ4n) is 4.82. The number of nitrogens with zero attached hydrogens (tertiary/aromatic N) is 3. The number of hydrogen-bond donors (Lipinski definition) is 1. The molecule has 2 saturated heterocycles. The van der Waals surface area contributed by atoms with Crippen molar-refractivity contribution >= 4 is 34.7 Å². The molecule has 4 atom stereocenters. The van der Waals surface area contributed by atoms with E-state index in [1.807, 2.05) is 42.7 Å². The number of aliphatic hydroxyl groups excluding tert-OH is 1. The largest absolute Gasteiger partial charge is 1.00 e. The Morgan fingerprint density at radius 1 is 1.37 bits per heavy atom. The molecule has 1 N–H and O–H groups in total. The molecule has 7 nitrogen and oxygen atoms in total. The molecule has 3 aliphatic rings. The van der Waals surface area contributed by atoms with E-state index in [0.29, 0.717) is 18.8 Å². The van der Waals surface area contributed by atoms with Gasteiger partial charge in [-0.25, -0.2) is 4.98 Å². The minimum Gasteiger partial charge on any atom is -0.548 e. The molecule has 1 aromatic carbocycles. The van der Waals surface area contributed by atoms with Gasteiger partial charge < -0.3 is 24.5 Å². The molecule has 0 bridgehead atoms. The Bertz CT molecular complexity index is 977. The molecule has 0 radical (unpaired) electrons. The van der Waals surface area contributed by atoms with E-state index in [4.69, 9.17) is 0 Å². The van der Waals surface area contributed by atoms with Crippen LogP contribution in [0.4, 0.5) is 0 Å². The average Bonchev–Trinajstić information content (AvgIpc) is 3.09. The van der Waals surface area contributed by atoms with Crippen LogP contribution in [0.2, 0.25) is 0 Å². The fraction of sp³-hybridized carbons (Fsp3) is 0.500. The summed E-state index contributed by atoms with van der Waals surface area (Å²) in [6, 6.07) is 6.66. The number of β-lactam (4-membered cyclic amide) rings is 1. The third kappa shape index (κ3) is 2.36. The van der Waals surface area contributed by atoms with Crippen molar-refractivity contribution in [2.24, 2.45) is 5.41 Å². The van der Waals surface area contributed by atoms with Crippen molar-refractivity contribution in [3.63, 3.8) is 0 Å². The summed E-state index contributed by atoms with van der Waals surface area (Å²) >= 11 is 1.44. The maximum Gasteiger partial charge on any atom is 1.00 e. The van der Waals surface area contributed by atoms with Crippen molar-refractivity contribution in [3.05, 3.63) is 30.1 Å². The van der Waals surface area contributed by atoms with Gasteiger partial charge in [-0.2, -0.15) is 0 Å². The number of carboxylic acid groups (broad SMARTS) is 1. The molecule has 4 heterocycles. The molecule has 0 unspecified atom stereocenters. The summed E-state index contributed by atoms with van der Waals surface area (Å²) in [4.78, 5) is 30.7. The van der Waals surface area contributed by atoms with E-state index >= 15 is 0 Å². The summed E-state index contributed by atoms with van der Waals surface area (Å²) in [5, 5.41) is 22.4. The zero-order valence-electron chi connectivity index (χ0n) is 15.4. The van der Waals surface area contributed by atoms with Crippen molar-refractivity contribution in [2.75, 3.05) is 0 Å². The topological polar surface area (TPSA) is 98.5 Å². The van der Waals surface area contributed by atoms with Crippen LogP contribution in [0.15, 0.2) is 24.3 Å². The van der Waals surface area contributed by atoms with Gasteiger partial charge in [-0.05, 0) is 32.4 Å². The van der Waals surface area contributed by atoms with Gasteiger partial charge in [0.1, 0.15) is 17.3 Å². The van der Waals surface area contributed by atoms with Crippen LogP contribution in [0.5, 0.6) is 0 Å². The minimum atomic E-state index is -1.24. The van der Waals surface area contributed by atoms with Gasteiger partial charge in [-0.15, -0.1) is 11.8 Å². The molecule has 0 aliphatic carbocycles. The van der Waals surface area contributed by atoms with Gasteiger partial charge in [0, 0.05) is 11.3 Å². The molecule has 9 heteroatoms. The molecular weight excluding hydrogens is 393 g/mol. The third-order valence-electron chi connectivity index (χ3n) is 6.07. The van der Waals surface area contributed by atoms with Gasteiger partial charge in [-0.1, -0.05) is 12.1 Å². The van der Waals surface area contributed by atoms with E-state index < -0.39 is 28.3 Å². The van der Waals surface area contributed by atoms with Gasteiger partial charge in [0.05, 0.1) is 28.4 Å². The number of carbonyl (C=O) groups is 2. The minimum absolute atomic E-state index is 0. The van der Waals surface area contributed by atoms with Crippen LogP contribution in [0.1, 0.15) is 32.2 Å². The molecule has 1 amide bonds.